The molecule has 112 valence electrons. The number of pyridine rings is 1. The van der Waals surface area contributed by atoms with E-state index in [1.807, 2.05) is 13.8 Å². The fourth-order valence-electron chi connectivity index (χ4n) is 2.50. The van der Waals surface area contributed by atoms with E-state index in [1.165, 1.54) is 0 Å². The summed E-state index contributed by atoms with van der Waals surface area (Å²) in [6.45, 7) is 5.50. The second kappa shape index (κ2) is 6.22. The van der Waals surface area contributed by atoms with Gasteiger partial charge in [0.2, 0.25) is 0 Å². The van der Waals surface area contributed by atoms with Crippen molar-refractivity contribution in [3.05, 3.63) is 58.2 Å². The predicted molar refractivity (Wildman–Crippen MR) is 80.1 cm³/mol. The van der Waals surface area contributed by atoms with E-state index in [1.54, 1.807) is 38.4 Å². The lowest BCUT2D eigenvalue weighted by Crippen LogP contribution is -2.09. The number of nitrogens with zero attached hydrogens (tertiary/aromatic N) is 1. The van der Waals surface area contributed by atoms with Gasteiger partial charge in [0.25, 0.3) is 0 Å². The van der Waals surface area contributed by atoms with Gasteiger partial charge in [0.15, 0.2) is 0 Å². The van der Waals surface area contributed by atoms with Crippen molar-refractivity contribution in [3.63, 3.8) is 0 Å². The molecule has 1 aromatic heterocycles. The highest BCUT2D eigenvalue weighted by molar-refractivity contribution is 5.41. The molecule has 0 fully saturated rings. The van der Waals surface area contributed by atoms with Gasteiger partial charge in [0.1, 0.15) is 11.6 Å². The predicted octanol–water partition coefficient (Wildman–Crippen LogP) is 3.43. The molecule has 0 saturated heterocycles. The third-order valence-corrected chi connectivity index (χ3v) is 3.72. The maximum atomic E-state index is 14.1. The summed E-state index contributed by atoms with van der Waals surface area (Å²) in [7, 11) is 1.61. The molecule has 21 heavy (non-hydrogen) atoms. The van der Waals surface area contributed by atoms with Crippen molar-refractivity contribution in [2.24, 2.45) is 0 Å². The van der Waals surface area contributed by atoms with Crippen molar-refractivity contribution < 1.29 is 14.2 Å². The molecule has 0 aliphatic rings. The fourth-order valence-corrected chi connectivity index (χ4v) is 2.50. The van der Waals surface area contributed by atoms with Gasteiger partial charge in [-0.3, -0.25) is 4.98 Å². The van der Waals surface area contributed by atoms with Crippen LogP contribution in [0.2, 0.25) is 0 Å². The third-order valence-electron chi connectivity index (χ3n) is 3.72. The van der Waals surface area contributed by atoms with Crippen LogP contribution in [-0.4, -0.2) is 17.2 Å². The van der Waals surface area contributed by atoms with Gasteiger partial charge in [0, 0.05) is 35.0 Å². The maximum absolute atomic E-state index is 14.1. The molecule has 2 rings (SSSR count). The van der Waals surface area contributed by atoms with E-state index in [9.17, 15) is 9.50 Å². The van der Waals surface area contributed by atoms with Gasteiger partial charge >= 0.3 is 0 Å². The number of hydrogen-bond donors (Lipinski definition) is 1. The highest BCUT2D eigenvalue weighted by Crippen LogP contribution is 2.28. The summed E-state index contributed by atoms with van der Waals surface area (Å²) in [5, 5.41) is 10.3. The number of aryl methyl sites for hydroxylation is 2. The summed E-state index contributed by atoms with van der Waals surface area (Å²) < 4.78 is 19.4. The summed E-state index contributed by atoms with van der Waals surface area (Å²) in [5.41, 5.74) is 3.36. The summed E-state index contributed by atoms with van der Waals surface area (Å²) >= 11 is 0. The van der Waals surface area contributed by atoms with Crippen LogP contribution >= 0.6 is 0 Å². The Hall–Kier alpha value is -1.94. The van der Waals surface area contributed by atoms with Crippen molar-refractivity contribution in [2.75, 3.05) is 7.11 Å². The van der Waals surface area contributed by atoms with E-state index >= 15 is 0 Å². The first-order chi connectivity index (χ1) is 9.95. The van der Waals surface area contributed by atoms with Crippen LogP contribution in [0, 0.1) is 26.6 Å². The zero-order valence-corrected chi connectivity index (χ0v) is 12.8. The SMILES string of the molecule is COc1c(C)cnc(CC(O)c2cccc(C)c2F)c1C. The number of aromatic nitrogens is 1. The minimum absolute atomic E-state index is 0.253. The zero-order chi connectivity index (χ0) is 15.6. The van der Waals surface area contributed by atoms with Crippen LogP contribution in [0.15, 0.2) is 24.4 Å². The Morgan fingerprint density at radius 2 is 1.95 bits per heavy atom. The Kier molecular flexibility index (Phi) is 4.58. The summed E-state index contributed by atoms with van der Waals surface area (Å²) in [4.78, 5) is 4.34. The summed E-state index contributed by atoms with van der Waals surface area (Å²) in [5.74, 6) is 0.402. The number of ether oxygens (including phenoxy) is 1. The van der Waals surface area contributed by atoms with Gasteiger partial charge in [-0.25, -0.2) is 4.39 Å². The summed E-state index contributed by atoms with van der Waals surface area (Å²) in [6, 6.07) is 5.03. The van der Waals surface area contributed by atoms with Gasteiger partial charge in [0.05, 0.1) is 13.2 Å². The first-order valence-corrected chi connectivity index (χ1v) is 6.87. The molecule has 0 aliphatic heterocycles. The van der Waals surface area contributed by atoms with Crippen LogP contribution in [0.3, 0.4) is 0 Å². The molecule has 0 amide bonds. The Labute approximate surface area is 124 Å². The zero-order valence-electron chi connectivity index (χ0n) is 12.8. The second-order valence-corrected chi connectivity index (χ2v) is 5.24. The Morgan fingerprint density at radius 1 is 1.24 bits per heavy atom. The molecule has 1 aromatic carbocycles. The minimum atomic E-state index is -0.927. The third kappa shape index (κ3) is 3.05. The van der Waals surface area contributed by atoms with Crippen molar-refractivity contribution in [1.29, 1.82) is 0 Å². The Bertz CT molecular complexity index is 655. The molecule has 1 heterocycles. The van der Waals surface area contributed by atoms with E-state index in [0.29, 0.717) is 16.8 Å². The largest absolute Gasteiger partial charge is 0.496 e. The first-order valence-electron chi connectivity index (χ1n) is 6.87. The Morgan fingerprint density at radius 3 is 2.62 bits per heavy atom. The number of aliphatic hydroxyl groups is 1. The highest BCUT2D eigenvalue weighted by Gasteiger charge is 2.18. The normalized spacial score (nSPS) is 12.3. The standard InChI is InChI=1S/C17H20FNO2/c1-10-6-5-7-13(16(10)18)15(20)8-14-12(3)17(21-4)11(2)9-19-14/h5-7,9,15,20H,8H2,1-4H3. The molecule has 0 spiro atoms. The van der Waals surface area contributed by atoms with Crippen LogP contribution in [0.25, 0.3) is 0 Å². The maximum Gasteiger partial charge on any atom is 0.131 e. The molecular formula is C17H20FNO2. The van der Waals surface area contributed by atoms with Gasteiger partial charge < -0.3 is 9.84 Å². The molecule has 0 aliphatic carbocycles. The lowest BCUT2D eigenvalue weighted by Gasteiger charge is -2.16. The number of benzene rings is 1. The lowest BCUT2D eigenvalue weighted by molar-refractivity contribution is 0.172. The lowest BCUT2D eigenvalue weighted by atomic mass is 9.99. The van der Waals surface area contributed by atoms with Crippen molar-refractivity contribution in [1.82, 2.24) is 4.98 Å². The van der Waals surface area contributed by atoms with Crippen LogP contribution < -0.4 is 4.74 Å². The number of aliphatic hydroxyl groups excluding tert-OH is 1. The van der Waals surface area contributed by atoms with E-state index < -0.39 is 6.10 Å². The number of halogens is 1. The molecule has 0 bridgehead atoms. The minimum Gasteiger partial charge on any atom is -0.496 e. The van der Waals surface area contributed by atoms with E-state index in [2.05, 4.69) is 4.98 Å². The van der Waals surface area contributed by atoms with E-state index in [-0.39, 0.29) is 12.2 Å². The van der Waals surface area contributed by atoms with Crippen molar-refractivity contribution >= 4 is 0 Å². The quantitative estimate of drug-likeness (QED) is 0.937. The van der Waals surface area contributed by atoms with Crippen LogP contribution in [0.1, 0.15) is 34.1 Å². The van der Waals surface area contributed by atoms with Crippen LogP contribution in [0.5, 0.6) is 5.75 Å². The van der Waals surface area contributed by atoms with E-state index in [4.69, 9.17) is 4.74 Å². The highest BCUT2D eigenvalue weighted by atomic mass is 19.1. The molecule has 0 saturated carbocycles. The molecule has 0 radical (unpaired) electrons. The molecule has 3 nitrogen and oxygen atoms in total. The fraction of sp³-hybridized carbons (Fsp3) is 0.353. The van der Waals surface area contributed by atoms with Crippen LogP contribution in [-0.2, 0) is 6.42 Å². The smallest absolute Gasteiger partial charge is 0.131 e. The molecule has 1 N–H and O–H groups in total. The molecule has 1 unspecified atom stereocenters. The molecule has 4 heteroatoms. The second-order valence-electron chi connectivity index (χ2n) is 5.24. The molecule has 2 aromatic rings. The van der Waals surface area contributed by atoms with Crippen LogP contribution in [0.4, 0.5) is 4.39 Å². The number of rotatable bonds is 4. The first kappa shape index (κ1) is 15.4. The molecule has 1 atom stereocenters. The topological polar surface area (TPSA) is 42.4 Å². The van der Waals surface area contributed by atoms with E-state index in [0.717, 1.165) is 16.9 Å². The number of hydrogen-bond acceptors (Lipinski definition) is 3. The van der Waals surface area contributed by atoms with Gasteiger partial charge in [-0.1, -0.05) is 18.2 Å². The summed E-state index contributed by atoms with van der Waals surface area (Å²) in [6.07, 6.45) is 1.03. The van der Waals surface area contributed by atoms with Gasteiger partial charge in [-0.15, -0.1) is 0 Å². The monoisotopic (exact) mass is 289 g/mol. The Balaban J connectivity index is 2.32. The van der Waals surface area contributed by atoms with Crippen molar-refractivity contribution in [2.45, 2.75) is 33.3 Å². The van der Waals surface area contributed by atoms with Crippen molar-refractivity contribution in [3.8, 4) is 5.75 Å². The molecular weight excluding hydrogens is 269 g/mol. The van der Waals surface area contributed by atoms with Gasteiger partial charge in [-0.05, 0) is 26.3 Å². The average molecular weight is 289 g/mol. The number of methoxy groups -OCH3 is 1. The average Bonchev–Trinajstić information content (AvgIpc) is 2.45. The van der Waals surface area contributed by atoms with Gasteiger partial charge in [-0.2, -0.15) is 0 Å².